The number of hydrogen-bond acceptors (Lipinski definition) is 6. The van der Waals surface area contributed by atoms with E-state index in [1.54, 1.807) is 54.6 Å². The second-order valence-electron chi connectivity index (χ2n) is 8.57. The number of fused-ring (bicyclic) bond motifs is 1. The molecule has 0 radical (unpaired) electrons. The molecule has 0 saturated carbocycles. The SMILES string of the molecule is CCOc1cc(/C=C2\SC(=O)N(Cc3ccc(Cl)c(Cl)c3)C2=O)ccc1OC(=O)c1cccc2ccccc12. The summed E-state index contributed by atoms with van der Waals surface area (Å²) < 4.78 is 11.5. The van der Waals surface area contributed by atoms with Crippen LogP contribution in [0.5, 0.6) is 11.5 Å². The lowest BCUT2D eigenvalue weighted by molar-refractivity contribution is -0.123. The highest BCUT2D eigenvalue weighted by molar-refractivity contribution is 8.18. The van der Waals surface area contributed by atoms with Gasteiger partial charge in [-0.05, 0) is 77.0 Å². The number of carbonyl (C=O) groups excluding carboxylic acids is 3. The Balaban J connectivity index is 1.37. The second kappa shape index (κ2) is 11.5. The van der Waals surface area contributed by atoms with Gasteiger partial charge in [0.25, 0.3) is 11.1 Å². The van der Waals surface area contributed by atoms with E-state index in [0.29, 0.717) is 39.1 Å². The lowest BCUT2D eigenvalue weighted by Crippen LogP contribution is -2.27. The standard InChI is InChI=1S/C30H21Cl2NO5S/c1-2-37-26-15-18(11-13-25(26)38-29(35)22-9-5-7-20-6-3-4-8-21(20)22)16-27-28(34)33(30(36)39-27)17-19-10-12-23(31)24(32)14-19/h3-16H,2,17H2,1H3/b27-16-. The molecule has 39 heavy (non-hydrogen) atoms. The van der Waals surface area contributed by atoms with Crippen LogP contribution in [0.3, 0.4) is 0 Å². The number of halogens is 2. The minimum Gasteiger partial charge on any atom is -0.490 e. The van der Waals surface area contributed by atoms with Crippen molar-refractivity contribution in [3.63, 3.8) is 0 Å². The van der Waals surface area contributed by atoms with E-state index in [0.717, 1.165) is 27.4 Å². The third-order valence-corrected chi connectivity index (χ3v) is 7.62. The summed E-state index contributed by atoms with van der Waals surface area (Å²) in [5, 5.41) is 2.08. The highest BCUT2D eigenvalue weighted by Crippen LogP contribution is 2.36. The van der Waals surface area contributed by atoms with Gasteiger partial charge >= 0.3 is 5.97 Å². The molecule has 0 atom stereocenters. The smallest absolute Gasteiger partial charge is 0.344 e. The molecule has 1 aliphatic heterocycles. The monoisotopic (exact) mass is 577 g/mol. The van der Waals surface area contributed by atoms with E-state index in [4.69, 9.17) is 32.7 Å². The van der Waals surface area contributed by atoms with Crippen molar-refractivity contribution in [1.82, 2.24) is 4.90 Å². The number of esters is 1. The summed E-state index contributed by atoms with van der Waals surface area (Å²) in [7, 11) is 0. The Hall–Kier alpha value is -3.78. The Morgan fingerprint density at radius 3 is 2.51 bits per heavy atom. The topological polar surface area (TPSA) is 72.9 Å². The fourth-order valence-corrected chi connectivity index (χ4v) is 5.29. The van der Waals surface area contributed by atoms with Crippen LogP contribution in [0.2, 0.25) is 10.0 Å². The van der Waals surface area contributed by atoms with E-state index in [1.807, 2.05) is 37.3 Å². The highest BCUT2D eigenvalue weighted by atomic mass is 35.5. The van der Waals surface area contributed by atoms with Crippen LogP contribution in [0.15, 0.2) is 83.8 Å². The predicted octanol–water partition coefficient (Wildman–Crippen LogP) is 8.00. The molecule has 1 aliphatic rings. The molecule has 0 bridgehead atoms. The number of ether oxygens (including phenoxy) is 2. The van der Waals surface area contributed by atoms with Gasteiger partial charge in [0.2, 0.25) is 0 Å². The molecule has 1 heterocycles. The van der Waals surface area contributed by atoms with Crippen molar-refractivity contribution in [3.05, 3.63) is 111 Å². The molecule has 0 N–H and O–H groups in total. The van der Waals surface area contributed by atoms with Gasteiger partial charge in [0.1, 0.15) is 0 Å². The van der Waals surface area contributed by atoms with E-state index in [1.165, 1.54) is 0 Å². The fraction of sp³-hybridized carbons (Fsp3) is 0.100. The zero-order valence-corrected chi connectivity index (χ0v) is 23.0. The first-order chi connectivity index (χ1) is 18.8. The van der Waals surface area contributed by atoms with Crippen molar-refractivity contribution < 1.29 is 23.9 Å². The van der Waals surface area contributed by atoms with Crippen LogP contribution in [0, 0.1) is 0 Å². The van der Waals surface area contributed by atoms with Gasteiger partial charge in [-0.15, -0.1) is 0 Å². The minimum absolute atomic E-state index is 0.0755. The molecule has 9 heteroatoms. The molecule has 1 saturated heterocycles. The zero-order chi connectivity index (χ0) is 27.5. The average Bonchev–Trinajstić information content (AvgIpc) is 3.19. The van der Waals surface area contributed by atoms with E-state index in [2.05, 4.69) is 0 Å². The third-order valence-electron chi connectivity index (χ3n) is 5.98. The summed E-state index contributed by atoms with van der Waals surface area (Å²) in [6.07, 6.45) is 1.61. The van der Waals surface area contributed by atoms with Crippen molar-refractivity contribution in [2.45, 2.75) is 13.5 Å². The summed E-state index contributed by atoms with van der Waals surface area (Å²) in [6.45, 7) is 2.23. The van der Waals surface area contributed by atoms with Crippen molar-refractivity contribution in [2.24, 2.45) is 0 Å². The van der Waals surface area contributed by atoms with Crippen LogP contribution in [-0.2, 0) is 11.3 Å². The Morgan fingerprint density at radius 2 is 1.72 bits per heavy atom. The van der Waals surface area contributed by atoms with Crippen molar-refractivity contribution in [2.75, 3.05) is 6.61 Å². The Bertz CT molecular complexity index is 1650. The van der Waals surface area contributed by atoms with Gasteiger partial charge in [-0.25, -0.2) is 4.79 Å². The molecule has 4 aromatic carbocycles. The Labute approximate surface area is 239 Å². The van der Waals surface area contributed by atoms with E-state index in [-0.39, 0.29) is 22.4 Å². The molecule has 196 valence electrons. The summed E-state index contributed by atoms with van der Waals surface area (Å²) in [6, 6.07) is 23.0. The fourth-order valence-electron chi connectivity index (χ4n) is 4.13. The number of hydrogen-bond donors (Lipinski definition) is 0. The van der Waals surface area contributed by atoms with Gasteiger partial charge in [-0.2, -0.15) is 0 Å². The molecule has 4 aromatic rings. The maximum absolute atomic E-state index is 13.1. The van der Waals surface area contributed by atoms with Crippen LogP contribution in [-0.4, -0.2) is 28.6 Å². The van der Waals surface area contributed by atoms with Crippen LogP contribution >= 0.6 is 35.0 Å². The first kappa shape index (κ1) is 26.8. The van der Waals surface area contributed by atoms with Crippen LogP contribution in [0.25, 0.3) is 16.8 Å². The lowest BCUT2D eigenvalue weighted by atomic mass is 10.0. The van der Waals surface area contributed by atoms with E-state index in [9.17, 15) is 14.4 Å². The van der Waals surface area contributed by atoms with Crippen LogP contribution < -0.4 is 9.47 Å². The molecule has 0 aliphatic carbocycles. The number of amides is 2. The number of rotatable bonds is 7. The number of imide groups is 1. The van der Waals surface area contributed by atoms with Gasteiger partial charge in [-0.1, -0.05) is 71.7 Å². The number of carbonyl (C=O) groups is 3. The van der Waals surface area contributed by atoms with Crippen molar-refractivity contribution >= 4 is 68.9 Å². The van der Waals surface area contributed by atoms with Crippen LogP contribution in [0.1, 0.15) is 28.4 Å². The van der Waals surface area contributed by atoms with Gasteiger partial charge in [0, 0.05) is 0 Å². The average molecular weight is 578 g/mol. The molecule has 6 nitrogen and oxygen atoms in total. The van der Waals surface area contributed by atoms with Crippen molar-refractivity contribution in [1.29, 1.82) is 0 Å². The highest BCUT2D eigenvalue weighted by Gasteiger charge is 2.35. The van der Waals surface area contributed by atoms with E-state index < -0.39 is 11.9 Å². The first-order valence-electron chi connectivity index (χ1n) is 12.0. The predicted molar refractivity (Wildman–Crippen MR) is 154 cm³/mol. The second-order valence-corrected chi connectivity index (χ2v) is 10.4. The van der Waals surface area contributed by atoms with Crippen LogP contribution in [0.4, 0.5) is 4.79 Å². The molecule has 0 aromatic heterocycles. The largest absolute Gasteiger partial charge is 0.490 e. The van der Waals surface area contributed by atoms with E-state index >= 15 is 0 Å². The quantitative estimate of drug-likeness (QED) is 0.126. The third kappa shape index (κ3) is 5.81. The van der Waals surface area contributed by atoms with Gasteiger partial charge in [0.15, 0.2) is 11.5 Å². The molecule has 0 unspecified atom stereocenters. The molecular weight excluding hydrogens is 557 g/mol. The summed E-state index contributed by atoms with van der Waals surface area (Å²) in [5.41, 5.74) is 1.74. The zero-order valence-electron chi connectivity index (χ0n) is 20.6. The molecule has 0 spiro atoms. The maximum atomic E-state index is 13.1. The normalized spacial score (nSPS) is 14.3. The minimum atomic E-state index is -0.510. The Kier molecular flexibility index (Phi) is 7.93. The Morgan fingerprint density at radius 1 is 0.923 bits per heavy atom. The summed E-state index contributed by atoms with van der Waals surface area (Å²) >= 11 is 12.9. The van der Waals surface area contributed by atoms with Gasteiger partial charge in [0.05, 0.1) is 33.7 Å². The van der Waals surface area contributed by atoms with Gasteiger partial charge in [-0.3, -0.25) is 14.5 Å². The lowest BCUT2D eigenvalue weighted by Gasteiger charge is -2.13. The summed E-state index contributed by atoms with van der Waals surface area (Å²) in [4.78, 5) is 40.1. The number of benzene rings is 4. The number of thioether (sulfide) groups is 1. The first-order valence-corrected chi connectivity index (χ1v) is 13.6. The molecule has 5 rings (SSSR count). The molecule has 1 fully saturated rings. The molecule has 2 amide bonds. The summed E-state index contributed by atoms with van der Waals surface area (Å²) in [5.74, 6) is -0.334. The van der Waals surface area contributed by atoms with Crippen molar-refractivity contribution in [3.8, 4) is 11.5 Å². The maximum Gasteiger partial charge on any atom is 0.344 e. The van der Waals surface area contributed by atoms with Gasteiger partial charge < -0.3 is 9.47 Å². The molecular formula is C30H21Cl2NO5S. The number of nitrogens with zero attached hydrogens (tertiary/aromatic N) is 1.